The van der Waals surface area contributed by atoms with E-state index in [2.05, 4.69) is 52.2 Å². The number of unbranched alkanes of at least 4 members (excludes halogenated alkanes) is 3. The molecule has 4 atom stereocenters. The molecule has 500 valence electrons. The van der Waals surface area contributed by atoms with Crippen molar-refractivity contribution in [2.45, 2.75) is 190 Å². The number of amides is 2. The van der Waals surface area contributed by atoms with Crippen molar-refractivity contribution in [2.75, 3.05) is 72.1 Å². The fourth-order valence-corrected chi connectivity index (χ4v) is 9.42. The van der Waals surface area contributed by atoms with Crippen LogP contribution in [0.2, 0.25) is 0 Å². The molecule has 1 saturated heterocycles. The van der Waals surface area contributed by atoms with E-state index >= 15 is 0 Å². The van der Waals surface area contributed by atoms with Crippen molar-refractivity contribution in [2.24, 2.45) is 0 Å². The van der Waals surface area contributed by atoms with Gasteiger partial charge in [-0.05, 0) is 86.2 Å². The van der Waals surface area contributed by atoms with E-state index in [0.29, 0.717) is 42.6 Å². The van der Waals surface area contributed by atoms with Crippen LogP contribution in [0.5, 0.6) is 23.0 Å². The molecule has 5 aromatic rings. The van der Waals surface area contributed by atoms with Gasteiger partial charge in [-0.1, -0.05) is 223 Å². The molecule has 4 unspecified atom stereocenters. The molecule has 0 saturated carbocycles. The fourth-order valence-electron chi connectivity index (χ4n) is 7.04. The summed E-state index contributed by atoms with van der Waals surface area (Å²) in [5.74, 6) is 2.86. The van der Waals surface area contributed by atoms with Crippen LogP contribution in [0.25, 0.3) is 11.1 Å². The van der Waals surface area contributed by atoms with Crippen LogP contribution >= 0.6 is 7.37 Å². The quantitative estimate of drug-likeness (QED) is 0.0210. The molecule has 15 nitrogen and oxygen atoms in total. The second-order valence-corrected chi connectivity index (χ2v) is 21.3. The van der Waals surface area contributed by atoms with Gasteiger partial charge in [-0.3, -0.25) is 9.36 Å². The van der Waals surface area contributed by atoms with Gasteiger partial charge in [-0.2, -0.15) is 0 Å². The van der Waals surface area contributed by atoms with Gasteiger partial charge in [0.2, 0.25) is 5.91 Å². The summed E-state index contributed by atoms with van der Waals surface area (Å²) in [5, 5.41) is 35.1. The van der Waals surface area contributed by atoms with Crippen LogP contribution in [0.1, 0.15) is 168 Å². The normalized spacial score (nSPS) is 13.5. The third-order valence-electron chi connectivity index (χ3n) is 10.9. The first-order valence-electron chi connectivity index (χ1n) is 29.1. The maximum atomic E-state index is 13.7. The molecule has 5 N–H and O–H groups in total. The number of aliphatic hydroxyl groups excluding tert-OH is 3. The minimum absolute atomic E-state index is 0. The van der Waals surface area contributed by atoms with E-state index in [-0.39, 0.29) is 103 Å². The number of rotatable bonds is 25. The van der Waals surface area contributed by atoms with Gasteiger partial charge in [-0.15, -0.1) is 0 Å². The summed E-state index contributed by atoms with van der Waals surface area (Å²) in [6.45, 7) is 25.8. The summed E-state index contributed by atoms with van der Waals surface area (Å²) in [6.07, 6.45) is 5.62. The minimum atomic E-state index is -3.26. The number of carbonyl (C=O) groups is 2. The van der Waals surface area contributed by atoms with Gasteiger partial charge in [-0.25, -0.2) is 4.79 Å². The predicted molar refractivity (Wildman–Crippen MR) is 369 cm³/mol. The molecule has 2 amide bonds. The highest BCUT2D eigenvalue weighted by Crippen LogP contribution is 2.54. The molecule has 7 rings (SSSR count). The zero-order valence-corrected chi connectivity index (χ0v) is 51.5. The number of nitrogens with one attached hydrogen (secondary N) is 2. The van der Waals surface area contributed by atoms with Gasteiger partial charge in [0, 0.05) is 25.1 Å². The highest BCUT2D eigenvalue weighted by molar-refractivity contribution is 7.67. The molecule has 0 radical (unpaired) electrons. The Bertz CT molecular complexity index is 2450. The highest BCUT2D eigenvalue weighted by atomic mass is 31.2. The topological polar surface area (TPSA) is 204 Å². The molecule has 0 aromatic heterocycles. The molecule has 0 bridgehead atoms. The molecule has 16 heteroatoms. The Morgan fingerprint density at radius 2 is 1.00 bits per heavy atom. The van der Waals surface area contributed by atoms with Gasteiger partial charge in [0.05, 0.1) is 44.0 Å². The van der Waals surface area contributed by atoms with Gasteiger partial charge in [0.1, 0.15) is 61.6 Å². The summed E-state index contributed by atoms with van der Waals surface area (Å²) in [5.41, 5.74) is 4.99. The number of benzene rings is 5. The number of alkyl carbamates (subject to hydrolysis) is 1. The highest BCUT2D eigenvalue weighted by Gasteiger charge is 2.37. The molecule has 1 fully saturated rings. The Morgan fingerprint density at radius 1 is 0.575 bits per heavy atom. The number of fused-ring (bicyclic) bond motifs is 3. The number of epoxide rings is 1. The fraction of sp³-hybridized carbons (Fsp3) is 0.549. The molecule has 2 aliphatic rings. The van der Waals surface area contributed by atoms with Crippen molar-refractivity contribution in [3.8, 4) is 34.1 Å². The van der Waals surface area contributed by atoms with E-state index in [1.807, 2.05) is 156 Å². The summed E-state index contributed by atoms with van der Waals surface area (Å²) in [6, 6.07) is 38.3. The number of carbonyl (C=O) groups excluding carboxylic acids is 2. The van der Waals surface area contributed by atoms with Crippen molar-refractivity contribution in [1.82, 2.24) is 10.6 Å². The molecule has 5 aromatic carbocycles. The average molecular weight is 1240 g/mol. The molecular weight excluding hydrogens is 1120 g/mol. The number of ether oxygens (including phenoxy) is 6. The van der Waals surface area contributed by atoms with E-state index in [1.54, 1.807) is 0 Å². The van der Waals surface area contributed by atoms with Gasteiger partial charge < -0.3 is 58.9 Å². The van der Waals surface area contributed by atoms with Crippen LogP contribution in [0.3, 0.4) is 0 Å². The van der Waals surface area contributed by atoms with Gasteiger partial charge >= 0.3 is 6.09 Å². The monoisotopic (exact) mass is 1240 g/mol. The molecule has 2 heterocycles. The first kappa shape index (κ1) is 92.2. The first-order valence-corrected chi connectivity index (χ1v) is 30.9. The van der Waals surface area contributed by atoms with Crippen LogP contribution in [0.4, 0.5) is 4.79 Å². The third-order valence-corrected chi connectivity index (χ3v) is 13.4. The second-order valence-electron chi connectivity index (χ2n) is 18.9. The lowest BCUT2D eigenvalue weighted by molar-refractivity contribution is -0.121. The standard InChI is InChI=1S/C22H36N2O7.C22H21O4P.C10H12O2.3C3H8.C2H6.6CH4/c1-18-8-4-5-9-20(18)31-17-19(26)16-29-14-15-30-22(28)24-12-7-3-2-6-11-23-21(27)10-13-25;1-16-8-2-5-11-20(16)25-14-17(23)15-27(24)22-13-7-4-10-19(22)18-9-3-6-12-21(18)26-27;1-8-4-2-3-5-10(8)12-7-9-6-11-9;3*1-3-2;1-2;;;;;;/h4-5,8-9,19,25-26H,2-3,6-7,10-17H2,1H3,(H,23,27)(H,24,28);2-13,17,23H,14-15H2,1H3;2-5,9H,6-7H2,1H3;3*3H2,1-2H3;1-2H3;6*1H4. The Hall–Kier alpha value is -5.93. The van der Waals surface area contributed by atoms with E-state index in [1.165, 1.54) is 24.8 Å². The smallest absolute Gasteiger partial charge is 0.407 e. The van der Waals surface area contributed by atoms with Crippen molar-refractivity contribution in [3.63, 3.8) is 0 Å². The largest absolute Gasteiger partial charge is 0.491 e. The Kier molecular flexibility index (Phi) is 61.3. The number of para-hydroxylation sites is 4. The second kappa shape index (κ2) is 57.8. The number of hydrogen-bond acceptors (Lipinski definition) is 13. The van der Waals surface area contributed by atoms with Crippen LogP contribution < -0.4 is 34.7 Å². The Labute approximate surface area is 530 Å². The number of aryl methyl sites for hydroxylation is 3. The molecule has 0 aliphatic carbocycles. The van der Waals surface area contributed by atoms with Crippen molar-refractivity contribution >= 4 is 24.7 Å². The van der Waals surface area contributed by atoms with Crippen LogP contribution in [-0.2, 0) is 23.6 Å². The van der Waals surface area contributed by atoms with Crippen molar-refractivity contribution < 1.29 is 62.4 Å². The van der Waals surface area contributed by atoms with E-state index in [0.717, 1.165) is 66.0 Å². The van der Waals surface area contributed by atoms with E-state index in [9.17, 15) is 24.4 Å². The first-order chi connectivity index (χ1) is 39.2. The zero-order valence-electron chi connectivity index (χ0n) is 50.6. The van der Waals surface area contributed by atoms with Gasteiger partial charge in [0.25, 0.3) is 7.37 Å². The SMILES string of the molecule is C.C.C.C.C.C.CC.CCC.CCC.CCC.Cc1ccccc1OCC(O)COCCOC(=O)NCCCCCCNC(=O)CCO.Cc1ccccc1OCC(O)CP1(=O)Oc2ccccc2-c2ccccc21.Cc1ccccc1OCC1CO1. The molecule has 0 spiro atoms. The Morgan fingerprint density at radius 3 is 1.48 bits per heavy atom. The number of hydrogen-bond donors (Lipinski definition) is 5. The third kappa shape index (κ3) is 41.0. The molecule has 2 aliphatic heterocycles. The molecular formula is C71H123N2O13P. The summed E-state index contributed by atoms with van der Waals surface area (Å²) in [7, 11) is -3.26. The van der Waals surface area contributed by atoms with Crippen LogP contribution in [-0.4, -0.2) is 118 Å². The number of aliphatic hydroxyl groups is 3. The maximum Gasteiger partial charge on any atom is 0.407 e. The van der Waals surface area contributed by atoms with E-state index < -0.39 is 25.7 Å². The molecule has 87 heavy (non-hydrogen) atoms. The van der Waals surface area contributed by atoms with E-state index in [4.69, 9.17) is 38.1 Å². The summed E-state index contributed by atoms with van der Waals surface area (Å²) in [4.78, 5) is 22.7. The maximum absolute atomic E-state index is 13.7. The lowest BCUT2D eigenvalue weighted by atomic mass is 10.0. The summed E-state index contributed by atoms with van der Waals surface area (Å²) < 4.78 is 51.8. The lowest BCUT2D eigenvalue weighted by Crippen LogP contribution is -2.28. The van der Waals surface area contributed by atoms with Crippen LogP contribution in [0, 0.1) is 20.8 Å². The minimum Gasteiger partial charge on any atom is -0.491 e. The predicted octanol–water partition coefficient (Wildman–Crippen LogP) is 16.8. The zero-order chi connectivity index (χ0) is 60.1. The van der Waals surface area contributed by atoms with Crippen molar-refractivity contribution in [3.05, 3.63) is 138 Å². The van der Waals surface area contributed by atoms with Crippen molar-refractivity contribution in [1.29, 1.82) is 0 Å². The lowest BCUT2D eigenvalue weighted by Gasteiger charge is -2.29. The van der Waals surface area contributed by atoms with Gasteiger partial charge in [0.15, 0.2) is 0 Å². The van der Waals surface area contributed by atoms with Crippen LogP contribution in [0.15, 0.2) is 121 Å². The Balaban J connectivity index is -0.000000265. The average Bonchev–Trinajstić information content (AvgIpc) is 2.40. The summed E-state index contributed by atoms with van der Waals surface area (Å²) >= 11 is 0.